The minimum absolute atomic E-state index is 0.0797. The number of aliphatic hydroxyl groups is 1. The van der Waals surface area contributed by atoms with Gasteiger partial charge in [0.1, 0.15) is 28.6 Å². The molecule has 12 nitrogen and oxygen atoms in total. The fraction of sp³-hybridized carbons (Fsp3) is 0.444. The molecule has 3 aromatic heterocycles. The van der Waals surface area contributed by atoms with Gasteiger partial charge in [-0.1, -0.05) is 11.3 Å². The molecule has 0 bridgehead atoms. The van der Waals surface area contributed by atoms with Gasteiger partial charge in [-0.25, -0.2) is 14.8 Å². The third-order valence-electron chi connectivity index (χ3n) is 6.61. The summed E-state index contributed by atoms with van der Waals surface area (Å²) in [5.41, 5.74) is 2.19. The monoisotopic (exact) mass is 599 g/mol. The molecule has 1 aromatic carbocycles. The van der Waals surface area contributed by atoms with Gasteiger partial charge in [0.2, 0.25) is 5.91 Å². The fourth-order valence-electron chi connectivity index (χ4n) is 4.79. The van der Waals surface area contributed by atoms with Gasteiger partial charge < -0.3 is 30.8 Å². The van der Waals surface area contributed by atoms with E-state index < -0.39 is 23.6 Å². The van der Waals surface area contributed by atoms with Crippen molar-refractivity contribution in [2.75, 3.05) is 18.6 Å². The normalized spacial score (nSPS) is 15.9. The van der Waals surface area contributed by atoms with E-state index in [0.717, 1.165) is 51.2 Å². The predicted octanol–water partition coefficient (Wildman–Crippen LogP) is 3.13. The molecule has 0 spiro atoms. The van der Waals surface area contributed by atoms with Crippen molar-refractivity contribution in [1.82, 2.24) is 30.9 Å². The van der Waals surface area contributed by atoms with Gasteiger partial charge in [-0.15, -0.1) is 11.3 Å². The number of anilines is 2. The average Bonchev–Trinajstić information content (AvgIpc) is 3.46. The standard InChI is InChI=1S/C27H33N7O5S2/c1-27(2,3)39-25(37)33-18(8-9-35)23(36)30-12-28-14-4-6-16-19(10-14)40-24-21(16)22(29-13-31-24)32-15-5-7-17-20(11-15)41-26(38)34-17/h5,7,11,13-14,18,28,35H,4,6,8-10,12H2,1-3H3,(H,30,36)(H,33,37)(H,34,38)(H,29,31,32)/t14?,18-/m0/s1. The molecule has 41 heavy (non-hydrogen) atoms. The summed E-state index contributed by atoms with van der Waals surface area (Å²) >= 11 is 2.82. The number of aromatic nitrogens is 3. The number of aryl methyl sites for hydroxylation is 1. The summed E-state index contributed by atoms with van der Waals surface area (Å²) in [5.74, 6) is 0.340. The number of rotatable bonds is 9. The molecular weight excluding hydrogens is 566 g/mol. The molecule has 0 saturated carbocycles. The van der Waals surface area contributed by atoms with E-state index >= 15 is 0 Å². The van der Waals surface area contributed by atoms with Crippen LogP contribution in [0.5, 0.6) is 0 Å². The average molecular weight is 600 g/mol. The quantitative estimate of drug-likeness (QED) is 0.158. The highest BCUT2D eigenvalue weighted by Crippen LogP contribution is 2.39. The van der Waals surface area contributed by atoms with E-state index in [2.05, 4.69) is 36.2 Å². The highest BCUT2D eigenvalue weighted by Gasteiger charge is 2.27. The zero-order valence-corrected chi connectivity index (χ0v) is 24.6. The molecule has 1 aliphatic rings. The van der Waals surface area contributed by atoms with Crippen LogP contribution in [0.4, 0.5) is 16.3 Å². The molecule has 3 heterocycles. The van der Waals surface area contributed by atoms with Crippen molar-refractivity contribution < 1.29 is 19.4 Å². The first-order chi connectivity index (χ1) is 19.6. The number of carbonyl (C=O) groups excluding carboxylic acids is 2. The maximum absolute atomic E-state index is 12.7. The number of thiazole rings is 1. The number of fused-ring (bicyclic) bond motifs is 4. The number of thiophene rings is 1. The van der Waals surface area contributed by atoms with Gasteiger partial charge in [0.05, 0.1) is 22.3 Å². The SMILES string of the molecule is CC(C)(C)OC(=O)N[C@@H](CCO)C(=O)NCNC1CCc2c(sc3ncnc(Nc4ccc5[nH]c(=O)sc5c4)c23)C1. The second-order valence-electron chi connectivity index (χ2n) is 10.8. The number of nitrogens with one attached hydrogen (secondary N) is 5. The maximum atomic E-state index is 12.7. The zero-order chi connectivity index (χ0) is 29.1. The second kappa shape index (κ2) is 12.1. The zero-order valence-electron chi connectivity index (χ0n) is 23.0. The van der Waals surface area contributed by atoms with E-state index in [1.165, 1.54) is 21.8 Å². The molecule has 0 aliphatic heterocycles. The van der Waals surface area contributed by atoms with Crippen LogP contribution in [0.15, 0.2) is 29.3 Å². The molecule has 0 radical (unpaired) electrons. The van der Waals surface area contributed by atoms with Gasteiger partial charge in [-0.05, 0) is 70.2 Å². The Morgan fingerprint density at radius 1 is 1.24 bits per heavy atom. The number of alkyl carbamates (subject to hydrolysis) is 1. The number of ether oxygens (including phenoxy) is 1. The number of hydrogen-bond acceptors (Lipinski definition) is 11. The predicted molar refractivity (Wildman–Crippen MR) is 160 cm³/mol. The minimum atomic E-state index is -0.900. The number of nitrogens with zero attached hydrogens (tertiary/aromatic N) is 2. The van der Waals surface area contributed by atoms with Crippen LogP contribution in [0.1, 0.15) is 44.1 Å². The van der Waals surface area contributed by atoms with Crippen LogP contribution in [-0.2, 0) is 22.4 Å². The molecule has 14 heteroatoms. The lowest BCUT2D eigenvalue weighted by Gasteiger charge is -2.25. The minimum Gasteiger partial charge on any atom is -0.444 e. The van der Waals surface area contributed by atoms with Gasteiger partial charge >= 0.3 is 11.0 Å². The number of benzene rings is 1. The Balaban J connectivity index is 1.20. The van der Waals surface area contributed by atoms with Crippen molar-refractivity contribution in [3.63, 3.8) is 0 Å². The molecular formula is C27H33N7O5S2. The topological polar surface area (TPSA) is 170 Å². The smallest absolute Gasteiger partial charge is 0.408 e. The number of carbonyl (C=O) groups is 2. The van der Waals surface area contributed by atoms with E-state index in [1.807, 2.05) is 18.2 Å². The maximum Gasteiger partial charge on any atom is 0.408 e. The molecule has 1 unspecified atom stereocenters. The van der Waals surface area contributed by atoms with Crippen LogP contribution in [0.25, 0.3) is 20.4 Å². The largest absolute Gasteiger partial charge is 0.444 e. The van der Waals surface area contributed by atoms with Crippen molar-refractivity contribution in [3.8, 4) is 0 Å². The van der Waals surface area contributed by atoms with Crippen molar-refractivity contribution in [2.24, 2.45) is 0 Å². The van der Waals surface area contributed by atoms with E-state index in [-0.39, 0.29) is 30.6 Å². The third-order valence-corrected chi connectivity index (χ3v) is 8.62. The van der Waals surface area contributed by atoms with Crippen LogP contribution in [0.2, 0.25) is 0 Å². The Labute approximate surface area is 243 Å². The van der Waals surface area contributed by atoms with Crippen LogP contribution < -0.4 is 26.1 Å². The van der Waals surface area contributed by atoms with Crippen molar-refractivity contribution in [2.45, 2.75) is 64.1 Å². The van der Waals surface area contributed by atoms with Crippen molar-refractivity contribution in [1.29, 1.82) is 0 Å². The fourth-order valence-corrected chi connectivity index (χ4v) is 6.84. The van der Waals surface area contributed by atoms with Gasteiger partial charge in [0.25, 0.3) is 0 Å². The Morgan fingerprint density at radius 3 is 2.85 bits per heavy atom. The Bertz CT molecular complexity index is 1620. The molecule has 6 N–H and O–H groups in total. The number of amides is 2. The molecule has 0 fully saturated rings. The summed E-state index contributed by atoms with van der Waals surface area (Å²) in [6.45, 7) is 5.19. The van der Waals surface area contributed by atoms with Gasteiger partial charge in [-0.2, -0.15) is 0 Å². The summed E-state index contributed by atoms with van der Waals surface area (Å²) < 4.78 is 6.11. The van der Waals surface area contributed by atoms with Gasteiger partial charge in [-0.3, -0.25) is 14.9 Å². The molecule has 4 aromatic rings. The number of hydrogen-bond donors (Lipinski definition) is 6. The Morgan fingerprint density at radius 2 is 2.07 bits per heavy atom. The van der Waals surface area contributed by atoms with Crippen molar-refractivity contribution in [3.05, 3.63) is 44.6 Å². The molecule has 218 valence electrons. The lowest BCUT2D eigenvalue weighted by atomic mass is 9.93. The molecule has 1 aliphatic carbocycles. The first-order valence-corrected chi connectivity index (χ1v) is 15.0. The summed E-state index contributed by atoms with van der Waals surface area (Å²) in [4.78, 5) is 50.4. The lowest BCUT2D eigenvalue weighted by molar-refractivity contribution is -0.123. The van der Waals surface area contributed by atoms with Gasteiger partial charge in [0, 0.05) is 23.2 Å². The summed E-state index contributed by atoms with van der Waals surface area (Å²) in [7, 11) is 0. The van der Waals surface area contributed by atoms with Crippen molar-refractivity contribution >= 4 is 66.6 Å². The highest BCUT2D eigenvalue weighted by atomic mass is 32.1. The first kappa shape index (κ1) is 28.9. The third kappa shape index (κ3) is 7.01. The van der Waals surface area contributed by atoms with E-state index in [9.17, 15) is 19.5 Å². The van der Waals surface area contributed by atoms with E-state index in [4.69, 9.17) is 4.74 Å². The van der Waals surface area contributed by atoms with Crippen LogP contribution in [0.3, 0.4) is 0 Å². The molecule has 2 amide bonds. The second-order valence-corrected chi connectivity index (χ2v) is 12.9. The lowest BCUT2D eigenvalue weighted by Crippen LogP contribution is -2.51. The summed E-state index contributed by atoms with van der Waals surface area (Å²) in [6.07, 6.45) is 3.40. The highest BCUT2D eigenvalue weighted by molar-refractivity contribution is 7.19. The number of aromatic amines is 1. The summed E-state index contributed by atoms with van der Waals surface area (Å²) in [6, 6.07) is 4.98. The Hall–Kier alpha value is -3.59. The van der Waals surface area contributed by atoms with E-state index in [0.29, 0.717) is 0 Å². The molecule has 2 atom stereocenters. The molecule has 5 rings (SSSR count). The first-order valence-electron chi connectivity index (χ1n) is 13.4. The van der Waals surface area contributed by atoms with Gasteiger partial charge in [0.15, 0.2) is 0 Å². The van der Waals surface area contributed by atoms with Crippen LogP contribution in [0, 0.1) is 0 Å². The molecule has 0 saturated heterocycles. The number of aliphatic hydroxyl groups excluding tert-OH is 1. The Kier molecular flexibility index (Phi) is 8.54. The van der Waals surface area contributed by atoms with E-state index in [1.54, 1.807) is 38.4 Å². The summed E-state index contributed by atoms with van der Waals surface area (Å²) in [5, 5.41) is 22.5. The van der Waals surface area contributed by atoms with Crippen LogP contribution >= 0.6 is 22.7 Å². The van der Waals surface area contributed by atoms with Crippen LogP contribution in [-0.4, -0.2) is 63.0 Å². The number of H-pyrrole nitrogens is 1.